The van der Waals surface area contributed by atoms with Crippen molar-refractivity contribution in [3.63, 3.8) is 0 Å². The van der Waals surface area contributed by atoms with Gasteiger partial charge in [0.25, 0.3) is 0 Å². The monoisotopic (exact) mass is 206 g/mol. The zero-order chi connectivity index (χ0) is 9.95. The Labute approximate surface area is 80.1 Å². The van der Waals surface area contributed by atoms with Crippen molar-refractivity contribution in [2.75, 3.05) is 12.0 Å². The molecule has 1 aliphatic rings. The molecule has 0 bridgehead atoms. The van der Waals surface area contributed by atoms with E-state index in [1.54, 1.807) is 0 Å². The van der Waals surface area contributed by atoms with Gasteiger partial charge in [-0.15, -0.1) is 0 Å². The normalized spacial score (nSPS) is 22.9. The van der Waals surface area contributed by atoms with Gasteiger partial charge in [0.05, 0.1) is 11.4 Å². The number of hydrogen-bond donors (Lipinski definition) is 1. The smallest absolute Gasteiger partial charge is 0.147 e. The van der Waals surface area contributed by atoms with Crippen molar-refractivity contribution in [3.05, 3.63) is 0 Å². The summed E-state index contributed by atoms with van der Waals surface area (Å²) < 4.78 is 21.8. The highest BCUT2D eigenvalue weighted by Crippen LogP contribution is 2.30. The SMILES string of the molecule is CS(=O)(=O)CCC1(O)CCCCC1. The first-order valence-corrected chi connectivity index (χ1v) is 6.88. The summed E-state index contributed by atoms with van der Waals surface area (Å²) in [5.41, 5.74) is -0.693. The minimum atomic E-state index is -2.92. The van der Waals surface area contributed by atoms with Crippen LogP contribution in [0.25, 0.3) is 0 Å². The molecule has 1 aliphatic carbocycles. The van der Waals surface area contributed by atoms with Crippen LogP contribution in [-0.2, 0) is 9.84 Å². The van der Waals surface area contributed by atoms with Gasteiger partial charge in [0.2, 0.25) is 0 Å². The Bertz CT molecular complexity index is 250. The fourth-order valence-electron chi connectivity index (χ4n) is 1.84. The molecule has 3 nitrogen and oxygen atoms in total. The lowest BCUT2D eigenvalue weighted by Crippen LogP contribution is -2.33. The van der Waals surface area contributed by atoms with E-state index >= 15 is 0 Å². The third-order valence-corrected chi connectivity index (χ3v) is 3.67. The molecule has 1 N–H and O–H groups in total. The molecule has 0 radical (unpaired) electrons. The van der Waals surface area contributed by atoms with Gasteiger partial charge in [0.15, 0.2) is 0 Å². The zero-order valence-corrected chi connectivity index (χ0v) is 8.94. The van der Waals surface area contributed by atoms with Gasteiger partial charge in [-0.25, -0.2) is 8.42 Å². The van der Waals surface area contributed by atoms with Crippen LogP contribution in [0.4, 0.5) is 0 Å². The molecule has 0 unspecified atom stereocenters. The van der Waals surface area contributed by atoms with Crippen LogP contribution in [0.3, 0.4) is 0 Å². The molecule has 0 saturated heterocycles. The summed E-state index contributed by atoms with van der Waals surface area (Å²) in [6.45, 7) is 0. The van der Waals surface area contributed by atoms with Gasteiger partial charge in [-0.05, 0) is 19.3 Å². The standard InChI is InChI=1S/C9H18O3S/c1-13(11,12)8-7-9(10)5-3-2-4-6-9/h10H,2-8H2,1H3. The zero-order valence-electron chi connectivity index (χ0n) is 8.12. The van der Waals surface area contributed by atoms with Crippen molar-refractivity contribution in [1.82, 2.24) is 0 Å². The second-order valence-corrected chi connectivity index (χ2v) is 6.42. The molecule has 0 aromatic rings. The molecular weight excluding hydrogens is 188 g/mol. The van der Waals surface area contributed by atoms with E-state index in [0.717, 1.165) is 25.7 Å². The van der Waals surface area contributed by atoms with Crippen LogP contribution in [0.2, 0.25) is 0 Å². The Balaban J connectivity index is 2.42. The molecule has 4 heteroatoms. The van der Waals surface area contributed by atoms with Crippen molar-refractivity contribution < 1.29 is 13.5 Å². The summed E-state index contributed by atoms with van der Waals surface area (Å²) in [5.74, 6) is 0.115. The van der Waals surface area contributed by atoms with Crippen LogP contribution >= 0.6 is 0 Å². The topological polar surface area (TPSA) is 54.4 Å². The van der Waals surface area contributed by atoms with Gasteiger partial charge < -0.3 is 5.11 Å². The molecule has 0 amide bonds. The highest BCUT2D eigenvalue weighted by atomic mass is 32.2. The first-order valence-electron chi connectivity index (χ1n) is 4.81. The molecule has 0 spiro atoms. The Kier molecular flexibility index (Phi) is 3.35. The van der Waals surface area contributed by atoms with Gasteiger partial charge in [-0.3, -0.25) is 0 Å². The van der Waals surface area contributed by atoms with Gasteiger partial charge in [-0.1, -0.05) is 19.3 Å². The van der Waals surface area contributed by atoms with Crippen LogP contribution in [0, 0.1) is 0 Å². The van der Waals surface area contributed by atoms with E-state index in [1.165, 1.54) is 12.7 Å². The Morgan fingerprint density at radius 2 is 1.77 bits per heavy atom. The maximum Gasteiger partial charge on any atom is 0.147 e. The predicted octanol–water partition coefficient (Wildman–Crippen LogP) is 1.12. The van der Waals surface area contributed by atoms with Crippen molar-refractivity contribution in [2.45, 2.75) is 44.1 Å². The molecule has 0 aromatic heterocycles. The predicted molar refractivity (Wildman–Crippen MR) is 52.4 cm³/mol. The molecule has 0 aromatic carbocycles. The van der Waals surface area contributed by atoms with E-state index in [1.807, 2.05) is 0 Å². The van der Waals surface area contributed by atoms with Gasteiger partial charge in [0, 0.05) is 6.26 Å². The van der Waals surface area contributed by atoms with Crippen LogP contribution in [0.5, 0.6) is 0 Å². The van der Waals surface area contributed by atoms with Crippen molar-refractivity contribution >= 4 is 9.84 Å². The van der Waals surface area contributed by atoms with E-state index in [9.17, 15) is 13.5 Å². The van der Waals surface area contributed by atoms with E-state index < -0.39 is 15.4 Å². The Hall–Kier alpha value is -0.0900. The summed E-state index contributed by atoms with van der Waals surface area (Å²) >= 11 is 0. The Morgan fingerprint density at radius 3 is 2.23 bits per heavy atom. The highest BCUT2D eigenvalue weighted by Gasteiger charge is 2.29. The van der Waals surface area contributed by atoms with Crippen molar-refractivity contribution in [2.24, 2.45) is 0 Å². The quantitative estimate of drug-likeness (QED) is 0.752. The average Bonchev–Trinajstić information content (AvgIpc) is 2.02. The minimum Gasteiger partial charge on any atom is -0.390 e. The lowest BCUT2D eigenvalue weighted by Gasteiger charge is -2.31. The lowest BCUT2D eigenvalue weighted by atomic mass is 9.83. The molecule has 1 fully saturated rings. The molecule has 13 heavy (non-hydrogen) atoms. The summed E-state index contributed by atoms with van der Waals surface area (Å²) in [6, 6.07) is 0. The first-order chi connectivity index (χ1) is 5.91. The number of hydrogen-bond acceptors (Lipinski definition) is 3. The van der Waals surface area contributed by atoms with Crippen LogP contribution in [0.1, 0.15) is 38.5 Å². The Morgan fingerprint density at radius 1 is 1.23 bits per heavy atom. The number of aliphatic hydroxyl groups is 1. The lowest BCUT2D eigenvalue weighted by molar-refractivity contribution is 0.00139. The molecule has 0 aliphatic heterocycles. The van der Waals surface area contributed by atoms with Gasteiger partial charge >= 0.3 is 0 Å². The fraction of sp³-hybridized carbons (Fsp3) is 1.00. The van der Waals surface area contributed by atoms with Crippen molar-refractivity contribution in [3.8, 4) is 0 Å². The molecule has 78 valence electrons. The van der Waals surface area contributed by atoms with Gasteiger partial charge in [-0.2, -0.15) is 0 Å². The number of sulfone groups is 1. The summed E-state index contributed by atoms with van der Waals surface area (Å²) in [7, 11) is -2.92. The molecule has 0 atom stereocenters. The summed E-state index contributed by atoms with van der Waals surface area (Å²) in [4.78, 5) is 0. The first kappa shape index (κ1) is 11.0. The molecule has 1 saturated carbocycles. The van der Waals surface area contributed by atoms with E-state index in [2.05, 4.69) is 0 Å². The van der Waals surface area contributed by atoms with E-state index in [4.69, 9.17) is 0 Å². The van der Waals surface area contributed by atoms with Crippen molar-refractivity contribution in [1.29, 1.82) is 0 Å². The summed E-state index contributed by atoms with van der Waals surface area (Å²) in [5, 5.41) is 9.97. The summed E-state index contributed by atoms with van der Waals surface area (Å²) in [6.07, 6.45) is 6.39. The largest absolute Gasteiger partial charge is 0.390 e. The fourth-order valence-corrected chi connectivity index (χ4v) is 2.59. The van der Waals surface area contributed by atoms with E-state index in [-0.39, 0.29) is 5.75 Å². The van der Waals surface area contributed by atoms with Crippen LogP contribution in [-0.4, -0.2) is 31.1 Å². The maximum absolute atomic E-state index is 10.9. The third kappa shape index (κ3) is 4.09. The average molecular weight is 206 g/mol. The second kappa shape index (κ2) is 3.96. The molecule has 1 rings (SSSR count). The molecule has 0 heterocycles. The number of rotatable bonds is 3. The highest BCUT2D eigenvalue weighted by molar-refractivity contribution is 7.90. The second-order valence-electron chi connectivity index (χ2n) is 4.16. The minimum absolute atomic E-state index is 0.115. The van der Waals surface area contributed by atoms with Crippen LogP contribution < -0.4 is 0 Å². The molecular formula is C9H18O3S. The van der Waals surface area contributed by atoms with Crippen LogP contribution in [0.15, 0.2) is 0 Å². The maximum atomic E-state index is 10.9. The van der Waals surface area contributed by atoms with E-state index in [0.29, 0.717) is 6.42 Å². The van der Waals surface area contributed by atoms with Gasteiger partial charge in [0.1, 0.15) is 9.84 Å². The third-order valence-electron chi connectivity index (χ3n) is 2.72.